The van der Waals surface area contributed by atoms with E-state index in [-0.39, 0.29) is 0 Å². The third-order valence-electron chi connectivity index (χ3n) is 2.86. The van der Waals surface area contributed by atoms with Gasteiger partial charge in [-0.05, 0) is 11.1 Å². The minimum Gasteiger partial charge on any atom is -0.0626 e. The molecule has 0 N–H and O–H groups in total. The monoisotopic (exact) mass is 232 g/mol. The van der Waals surface area contributed by atoms with Gasteiger partial charge in [-0.15, -0.1) is 0 Å². The second-order valence-corrected chi connectivity index (χ2v) is 5.35. The normalized spacial score (nSPS) is 14.4. The summed E-state index contributed by atoms with van der Waals surface area (Å²) in [7, 11) is 0.768. The van der Waals surface area contributed by atoms with E-state index >= 15 is 0 Å². The number of rotatable bonds is 2. The Morgan fingerprint density at radius 3 is 1.35 bits per heavy atom. The quantitative estimate of drug-likeness (QED) is 0.691. The fourth-order valence-corrected chi connectivity index (χ4v) is 3.21. The first-order valence-electron chi connectivity index (χ1n) is 5.73. The van der Waals surface area contributed by atoms with Crippen LogP contribution in [0, 0.1) is 0 Å². The van der Waals surface area contributed by atoms with Crippen LogP contribution in [0.15, 0.2) is 72.8 Å². The van der Waals surface area contributed by atoms with Gasteiger partial charge >= 0.3 is 0 Å². The fraction of sp³-hybridized carbons (Fsp3) is 0. The molecule has 0 unspecified atom stereocenters. The van der Waals surface area contributed by atoms with Crippen LogP contribution in [0.25, 0.3) is 10.4 Å². The zero-order valence-electron chi connectivity index (χ0n) is 9.43. The van der Waals surface area contributed by atoms with Crippen molar-refractivity contribution in [2.75, 3.05) is 0 Å². The lowest BCUT2D eigenvalue weighted by molar-refractivity contribution is 1.65. The second kappa shape index (κ2) is 4.56. The van der Waals surface area contributed by atoms with E-state index in [1.54, 1.807) is 0 Å². The Balaban J connectivity index is 1.81. The summed E-state index contributed by atoms with van der Waals surface area (Å²) in [6.45, 7) is 0. The summed E-state index contributed by atoms with van der Waals surface area (Å²) in [5.41, 5.74) is 2.68. The van der Waals surface area contributed by atoms with Crippen molar-refractivity contribution < 1.29 is 0 Å². The van der Waals surface area contributed by atoms with Crippen LogP contribution in [0.4, 0.5) is 0 Å². The molecule has 80 valence electrons. The van der Waals surface area contributed by atoms with Crippen LogP contribution >= 0.6 is 0 Å². The van der Waals surface area contributed by atoms with Crippen LogP contribution in [0.1, 0.15) is 11.1 Å². The van der Waals surface area contributed by atoms with Gasteiger partial charge in [0.2, 0.25) is 0 Å². The van der Waals surface area contributed by atoms with E-state index in [2.05, 4.69) is 72.8 Å². The molecule has 2 aromatic rings. The highest BCUT2D eigenvalue weighted by Gasteiger charge is 2.12. The molecular formula is C16H12Si. The summed E-state index contributed by atoms with van der Waals surface area (Å²) < 4.78 is 0. The maximum atomic E-state index is 2.25. The van der Waals surface area contributed by atoms with E-state index in [1.165, 1.54) is 21.5 Å². The van der Waals surface area contributed by atoms with Crippen molar-refractivity contribution in [2.45, 2.75) is 0 Å². The van der Waals surface area contributed by atoms with Gasteiger partial charge in [0, 0.05) is 0 Å². The van der Waals surface area contributed by atoms with Gasteiger partial charge in [0.25, 0.3) is 0 Å². The van der Waals surface area contributed by atoms with Crippen molar-refractivity contribution in [3.8, 4) is 0 Å². The highest BCUT2D eigenvalue weighted by atomic mass is 28.2. The first-order valence-corrected chi connectivity index (χ1v) is 6.73. The second-order valence-electron chi connectivity index (χ2n) is 4.02. The largest absolute Gasteiger partial charge is 0.123 e. The third kappa shape index (κ3) is 2.15. The number of hydrogen-bond acceptors (Lipinski definition) is 0. The van der Waals surface area contributed by atoms with Crippen LogP contribution in [-0.4, -0.2) is 9.52 Å². The Hall–Kier alpha value is -1.86. The van der Waals surface area contributed by atoms with E-state index in [1.807, 2.05) is 0 Å². The standard InChI is InChI=1S/C16H12Si/c1-3-7-13(8-4-1)15-11-12-16(17-15)14-9-5-2-6-10-14/h1-12H. The molecular weight excluding hydrogens is 220 g/mol. The van der Waals surface area contributed by atoms with E-state index in [4.69, 9.17) is 0 Å². The van der Waals surface area contributed by atoms with Gasteiger partial charge in [-0.1, -0.05) is 83.2 Å². The Morgan fingerprint density at radius 2 is 0.941 bits per heavy atom. The summed E-state index contributed by atoms with van der Waals surface area (Å²) >= 11 is 0. The predicted molar refractivity (Wildman–Crippen MR) is 74.6 cm³/mol. The minimum absolute atomic E-state index is 0.768. The topological polar surface area (TPSA) is 0 Å². The van der Waals surface area contributed by atoms with Gasteiger partial charge in [-0.2, -0.15) is 0 Å². The van der Waals surface area contributed by atoms with Gasteiger partial charge in [0.1, 0.15) is 9.52 Å². The molecule has 0 amide bonds. The smallest absolute Gasteiger partial charge is 0.0626 e. The summed E-state index contributed by atoms with van der Waals surface area (Å²) in [6.07, 6.45) is 4.49. The molecule has 0 fully saturated rings. The van der Waals surface area contributed by atoms with Crippen LogP contribution in [-0.2, 0) is 0 Å². The summed E-state index contributed by atoms with van der Waals surface area (Å²) in [4.78, 5) is 0. The molecule has 1 aliphatic rings. The average molecular weight is 232 g/mol. The first kappa shape index (κ1) is 10.3. The molecule has 2 aromatic carbocycles. The highest BCUT2D eigenvalue weighted by molar-refractivity contribution is 6.80. The Bertz CT molecular complexity index is 511. The van der Waals surface area contributed by atoms with E-state index in [9.17, 15) is 0 Å². The molecule has 0 aliphatic carbocycles. The van der Waals surface area contributed by atoms with Gasteiger partial charge in [-0.25, -0.2) is 0 Å². The van der Waals surface area contributed by atoms with Crippen LogP contribution in [0.3, 0.4) is 0 Å². The van der Waals surface area contributed by atoms with Gasteiger partial charge in [-0.3, -0.25) is 0 Å². The summed E-state index contributed by atoms with van der Waals surface area (Å²) in [5, 5.41) is 2.87. The lowest BCUT2D eigenvalue weighted by Crippen LogP contribution is -1.95. The van der Waals surface area contributed by atoms with Crippen molar-refractivity contribution in [3.05, 3.63) is 83.9 Å². The predicted octanol–water partition coefficient (Wildman–Crippen LogP) is 3.79. The van der Waals surface area contributed by atoms with Crippen LogP contribution in [0.5, 0.6) is 0 Å². The van der Waals surface area contributed by atoms with Crippen molar-refractivity contribution >= 4 is 19.9 Å². The number of hydrogen-bond donors (Lipinski definition) is 0. The molecule has 1 heteroatoms. The van der Waals surface area contributed by atoms with Crippen molar-refractivity contribution in [1.82, 2.24) is 0 Å². The molecule has 0 saturated carbocycles. The van der Waals surface area contributed by atoms with E-state index < -0.39 is 0 Å². The molecule has 3 rings (SSSR count). The molecule has 0 atom stereocenters. The Labute approximate surface area is 104 Å². The molecule has 17 heavy (non-hydrogen) atoms. The van der Waals surface area contributed by atoms with E-state index in [0.29, 0.717) is 0 Å². The van der Waals surface area contributed by atoms with Gasteiger partial charge < -0.3 is 0 Å². The van der Waals surface area contributed by atoms with Crippen molar-refractivity contribution in [1.29, 1.82) is 0 Å². The third-order valence-corrected chi connectivity index (χ3v) is 4.30. The SMILES string of the molecule is C1=C(c2ccccc2)[Si]C(c2ccccc2)=C1. The zero-order chi connectivity index (χ0) is 11.5. The van der Waals surface area contributed by atoms with Gasteiger partial charge in [0.05, 0.1) is 0 Å². The average Bonchev–Trinajstić information content (AvgIpc) is 2.90. The first-order chi connectivity index (χ1) is 8.43. The number of allylic oxidation sites excluding steroid dienone is 2. The molecule has 0 saturated heterocycles. The lowest BCUT2D eigenvalue weighted by Gasteiger charge is -2.04. The molecule has 0 spiro atoms. The molecule has 0 bridgehead atoms. The van der Waals surface area contributed by atoms with Crippen molar-refractivity contribution in [2.24, 2.45) is 0 Å². The highest BCUT2D eigenvalue weighted by Crippen LogP contribution is 2.26. The van der Waals surface area contributed by atoms with Crippen molar-refractivity contribution in [3.63, 3.8) is 0 Å². The van der Waals surface area contributed by atoms with Crippen LogP contribution in [0.2, 0.25) is 0 Å². The van der Waals surface area contributed by atoms with Crippen LogP contribution < -0.4 is 0 Å². The number of benzene rings is 2. The van der Waals surface area contributed by atoms with E-state index in [0.717, 1.165) is 9.52 Å². The Kier molecular flexibility index (Phi) is 2.76. The maximum absolute atomic E-state index is 2.25. The van der Waals surface area contributed by atoms with Gasteiger partial charge in [0.15, 0.2) is 0 Å². The summed E-state index contributed by atoms with van der Waals surface area (Å²) in [5.74, 6) is 0. The molecule has 1 heterocycles. The zero-order valence-corrected chi connectivity index (χ0v) is 10.4. The molecule has 2 radical (unpaired) electrons. The molecule has 0 aromatic heterocycles. The molecule has 0 nitrogen and oxygen atoms in total. The fourth-order valence-electron chi connectivity index (χ4n) is 1.97. The molecule has 1 aliphatic heterocycles. The maximum Gasteiger partial charge on any atom is 0.123 e. The Morgan fingerprint density at radius 1 is 0.529 bits per heavy atom. The lowest BCUT2D eigenvalue weighted by atomic mass is 10.2. The summed E-state index contributed by atoms with van der Waals surface area (Å²) in [6, 6.07) is 21.2. The minimum atomic E-state index is 0.768.